The van der Waals surface area contributed by atoms with Crippen LogP contribution < -0.4 is 0 Å². The second-order valence-electron chi connectivity index (χ2n) is 6.82. The molecule has 1 saturated heterocycles. The molecule has 0 spiro atoms. The van der Waals surface area contributed by atoms with E-state index in [1.807, 2.05) is 60.4 Å². The van der Waals surface area contributed by atoms with Gasteiger partial charge in [-0.15, -0.1) is 0 Å². The molecule has 2 heterocycles. The molecule has 0 radical (unpaired) electrons. The lowest BCUT2D eigenvalue weighted by molar-refractivity contribution is 0.0695. The van der Waals surface area contributed by atoms with Crippen LogP contribution in [0.25, 0.3) is 11.4 Å². The zero-order valence-corrected chi connectivity index (χ0v) is 16.6. The summed E-state index contributed by atoms with van der Waals surface area (Å²) in [6, 6.07) is 15.5. The van der Waals surface area contributed by atoms with Crippen LogP contribution in [-0.4, -0.2) is 34.0 Å². The molecule has 27 heavy (non-hydrogen) atoms. The van der Waals surface area contributed by atoms with E-state index in [-0.39, 0.29) is 11.8 Å². The number of carbonyl (C=O) groups is 1. The van der Waals surface area contributed by atoms with Crippen LogP contribution in [-0.2, 0) is 0 Å². The molecule has 4 rings (SSSR count). The first-order valence-electron chi connectivity index (χ1n) is 9.07. The maximum atomic E-state index is 13.0. The third-order valence-electron chi connectivity index (χ3n) is 5.03. The molecule has 0 bridgehead atoms. The highest BCUT2D eigenvalue weighted by Crippen LogP contribution is 2.29. The molecule has 0 unspecified atom stereocenters. The molecular formula is C21H20BrN3O2. The van der Waals surface area contributed by atoms with Crippen molar-refractivity contribution in [2.45, 2.75) is 25.7 Å². The summed E-state index contributed by atoms with van der Waals surface area (Å²) < 4.78 is 6.48. The number of hydrogen-bond donors (Lipinski definition) is 0. The summed E-state index contributed by atoms with van der Waals surface area (Å²) in [4.78, 5) is 19.5. The van der Waals surface area contributed by atoms with E-state index in [9.17, 15) is 4.79 Å². The highest BCUT2D eigenvalue weighted by Gasteiger charge is 2.29. The maximum Gasteiger partial charge on any atom is 0.254 e. The van der Waals surface area contributed by atoms with Gasteiger partial charge in [-0.25, -0.2) is 0 Å². The number of nitrogens with zero attached hydrogens (tertiary/aromatic N) is 3. The molecule has 1 aliphatic heterocycles. The minimum atomic E-state index is 0.0568. The Morgan fingerprint density at radius 3 is 2.81 bits per heavy atom. The van der Waals surface area contributed by atoms with E-state index in [2.05, 4.69) is 26.1 Å². The highest BCUT2D eigenvalue weighted by molar-refractivity contribution is 9.10. The van der Waals surface area contributed by atoms with Crippen LogP contribution in [0.1, 0.15) is 40.6 Å². The van der Waals surface area contributed by atoms with E-state index in [4.69, 9.17) is 4.52 Å². The summed E-state index contributed by atoms with van der Waals surface area (Å²) in [5.74, 6) is 1.33. The molecule has 5 nitrogen and oxygen atoms in total. The summed E-state index contributed by atoms with van der Waals surface area (Å²) in [7, 11) is 0. The van der Waals surface area contributed by atoms with Crippen molar-refractivity contribution in [1.82, 2.24) is 15.0 Å². The fraction of sp³-hybridized carbons (Fsp3) is 0.286. The van der Waals surface area contributed by atoms with Crippen molar-refractivity contribution in [2.24, 2.45) is 0 Å². The second-order valence-corrected chi connectivity index (χ2v) is 7.68. The molecule has 1 atom stereocenters. The van der Waals surface area contributed by atoms with Gasteiger partial charge in [-0.3, -0.25) is 4.79 Å². The Kier molecular flexibility index (Phi) is 5.07. The Morgan fingerprint density at radius 1 is 1.19 bits per heavy atom. The predicted molar refractivity (Wildman–Crippen MR) is 106 cm³/mol. The third kappa shape index (κ3) is 3.67. The fourth-order valence-electron chi connectivity index (χ4n) is 3.48. The summed E-state index contributed by atoms with van der Waals surface area (Å²) in [5.41, 5.74) is 2.63. The molecular weight excluding hydrogens is 406 g/mol. The average Bonchev–Trinajstić information content (AvgIpc) is 3.21. The molecule has 138 valence electrons. The standard InChI is InChI=1S/C21H20BrN3O2/c1-14-17(10-5-11-18(14)22)21(26)25-12-6-9-16(13-25)20-23-19(24-27-20)15-7-3-2-4-8-15/h2-5,7-8,10-11,16H,6,9,12-13H2,1H3/t16-/m0/s1. The zero-order chi connectivity index (χ0) is 18.8. The number of halogens is 1. The maximum absolute atomic E-state index is 13.0. The molecule has 2 aromatic carbocycles. The van der Waals surface area contributed by atoms with Crippen LogP contribution in [0, 0.1) is 6.92 Å². The van der Waals surface area contributed by atoms with E-state index in [1.54, 1.807) is 0 Å². The minimum Gasteiger partial charge on any atom is -0.339 e. The van der Waals surface area contributed by atoms with Gasteiger partial charge in [0.15, 0.2) is 0 Å². The van der Waals surface area contributed by atoms with Crippen molar-refractivity contribution in [2.75, 3.05) is 13.1 Å². The van der Waals surface area contributed by atoms with Gasteiger partial charge in [-0.1, -0.05) is 57.5 Å². The van der Waals surface area contributed by atoms with E-state index in [0.29, 0.717) is 18.3 Å². The Morgan fingerprint density at radius 2 is 2.00 bits per heavy atom. The first kappa shape index (κ1) is 17.9. The topological polar surface area (TPSA) is 59.2 Å². The second kappa shape index (κ2) is 7.64. The van der Waals surface area contributed by atoms with Gasteiger partial charge in [0.2, 0.25) is 11.7 Å². The number of aromatic nitrogens is 2. The zero-order valence-electron chi connectivity index (χ0n) is 15.1. The van der Waals surface area contributed by atoms with Crippen LogP contribution in [0.4, 0.5) is 0 Å². The van der Waals surface area contributed by atoms with Gasteiger partial charge in [0.05, 0.1) is 5.92 Å². The molecule has 0 aliphatic carbocycles. The van der Waals surface area contributed by atoms with E-state index >= 15 is 0 Å². The van der Waals surface area contributed by atoms with E-state index in [0.717, 1.165) is 40.5 Å². The molecule has 1 aliphatic rings. The normalized spacial score (nSPS) is 17.1. The van der Waals surface area contributed by atoms with Crippen molar-refractivity contribution in [3.8, 4) is 11.4 Å². The van der Waals surface area contributed by atoms with Crippen LogP contribution >= 0.6 is 15.9 Å². The van der Waals surface area contributed by atoms with Gasteiger partial charge >= 0.3 is 0 Å². The van der Waals surface area contributed by atoms with Crippen LogP contribution in [0.5, 0.6) is 0 Å². The Labute approximate surface area is 166 Å². The van der Waals surface area contributed by atoms with Gasteiger partial charge < -0.3 is 9.42 Å². The first-order valence-corrected chi connectivity index (χ1v) is 9.86. The van der Waals surface area contributed by atoms with Crippen molar-refractivity contribution in [3.05, 3.63) is 70.0 Å². The Bertz CT molecular complexity index is 955. The van der Waals surface area contributed by atoms with E-state index in [1.165, 1.54) is 0 Å². The molecule has 6 heteroatoms. The summed E-state index contributed by atoms with van der Waals surface area (Å²) >= 11 is 3.51. The quantitative estimate of drug-likeness (QED) is 0.602. The number of hydrogen-bond acceptors (Lipinski definition) is 4. The van der Waals surface area contributed by atoms with Gasteiger partial charge in [-0.2, -0.15) is 4.98 Å². The Balaban J connectivity index is 1.52. The SMILES string of the molecule is Cc1c(Br)cccc1C(=O)N1CCC[C@H](c2nc(-c3ccccc3)no2)C1. The van der Waals surface area contributed by atoms with Crippen molar-refractivity contribution >= 4 is 21.8 Å². The minimum absolute atomic E-state index is 0.0568. The number of benzene rings is 2. The molecule has 1 fully saturated rings. The van der Waals surface area contributed by atoms with Crippen molar-refractivity contribution in [1.29, 1.82) is 0 Å². The molecule has 1 amide bonds. The average molecular weight is 426 g/mol. The van der Waals surface area contributed by atoms with Gasteiger partial charge in [0, 0.05) is 28.7 Å². The lowest BCUT2D eigenvalue weighted by atomic mass is 9.96. The number of rotatable bonds is 3. The van der Waals surface area contributed by atoms with Gasteiger partial charge in [-0.05, 0) is 37.5 Å². The fourth-order valence-corrected chi connectivity index (χ4v) is 3.84. The summed E-state index contributed by atoms with van der Waals surface area (Å²) in [5, 5.41) is 4.12. The number of carbonyl (C=O) groups excluding carboxylic acids is 1. The lowest BCUT2D eigenvalue weighted by Gasteiger charge is -2.31. The van der Waals surface area contributed by atoms with Gasteiger partial charge in [0.1, 0.15) is 0 Å². The summed E-state index contributed by atoms with van der Waals surface area (Å²) in [6.45, 7) is 3.31. The van der Waals surface area contributed by atoms with Crippen LogP contribution in [0.3, 0.4) is 0 Å². The smallest absolute Gasteiger partial charge is 0.254 e. The molecule has 1 aromatic heterocycles. The monoisotopic (exact) mass is 425 g/mol. The number of amides is 1. The van der Waals surface area contributed by atoms with Crippen molar-refractivity contribution < 1.29 is 9.32 Å². The first-order chi connectivity index (χ1) is 13.1. The predicted octanol–water partition coefficient (Wildman–Crippen LogP) is 4.83. The highest BCUT2D eigenvalue weighted by atomic mass is 79.9. The summed E-state index contributed by atoms with van der Waals surface area (Å²) in [6.07, 6.45) is 1.87. The largest absolute Gasteiger partial charge is 0.339 e. The van der Waals surface area contributed by atoms with Crippen molar-refractivity contribution in [3.63, 3.8) is 0 Å². The van der Waals surface area contributed by atoms with Gasteiger partial charge in [0.25, 0.3) is 5.91 Å². The Hall–Kier alpha value is -2.47. The van der Waals surface area contributed by atoms with Crippen LogP contribution in [0.2, 0.25) is 0 Å². The van der Waals surface area contributed by atoms with Crippen LogP contribution in [0.15, 0.2) is 57.5 Å². The molecule has 3 aromatic rings. The number of piperidine rings is 1. The number of likely N-dealkylation sites (tertiary alicyclic amines) is 1. The molecule has 0 saturated carbocycles. The molecule has 0 N–H and O–H groups in total. The lowest BCUT2D eigenvalue weighted by Crippen LogP contribution is -2.39. The van der Waals surface area contributed by atoms with E-state index < -0.39 is 0 Å². The third-order valence-corrected chi connectivity index (χ3v) is 5.89.